The zero-order chi connectivity index (χ0) is 6.69. The van der Waals surface area contributed by atoms with Crippen molar-refractivity contribution < 1.29 is 9.53 Å². The lowest BCUT2D eigenvalue weighted by molar-refractivity contribution is 0.130. The number of hydrogen-bond acceptors (Lipinski definition) is 2. The van der Waals surface area contributed by atoms with Crippen LogP contribution in [0.25, 0.3) is 0 Å². The van der Waals surface area contributed by atoms with E-state index in [0.717, 1.165) is 12.8 Å². The summed E-state index contributed by atoms with van der Waals surface area (Å²) in [6, 6.07) is 0. The van der Waals surface area contributed by atoms with Crippen LogP contribution in [-0.2, 0) is 4.74 Å². The van der Waals surface area contributed by atoms with Gasteiger partial charge in [0.25, 0.3) is 0 Å². The number of rotatable bonds is 1. The van der Waals surface area contributed by atoms with Gasteiger partial charge < -0.3 is 4.74 Å². The fraction of sp³-hybridized carbons (Fsp3) is 0.500. The van der Waals surface area contributed by atoms with Gasteiger partial charge in [-0.05, 0) is 9.24 Å². The van der Waals surface area contributed by atoms with E-state index in [-0.39, 0.29) is 11.8 Å². The van der Waals surface area contributed by atoms with E-state index in [1.807, 2.05) is 21.4 Å². The smallest absolute Gasteiger partial charge is 0.320 e. The normalized spacial score (nSPS) is 18.3. The highest BCUT2D eigenvalue weighted by atomic mass is 31.0. The van der Waals surface area contributed by atoms with Gasteiger partial charge in [-0.15, -0.1) is 0 Å². The molecule has 0 bridgehead atoms. The summed E-state index contributed by atoms with van der Waals surface area (Å²) in [6.07, 6.45) is 5.91. The van der Waals surface area contributed by atoms with Crippen molar-refractivity contribution in [3.05, 3.63) is 12.2 Å². The number of carbonyl (C=O) groups is 1. The van der Waals surface area contributed by atoms with Crippen LogP contribution in [0.3, 0.4) is 0 Å². The number of ether oxygens (including phenoxy) is 1. The van der Waals surface area contributed by atoms with Crippen LogP contribution in [-0.4, -0.2) is 11.8 Å². The Bertz CT molecular complexity index is 134. The summed E-state index contributed by atoms with van der Waals surface area (Å²) in [6.45, 7) is 0. The SMILES string of the molecule is O=C(P)OC1CC=CC1. The quantitative estimate of drug-likeness (QED) is 0.413. The molecule has 0 spiro atoms. The first-order valence-electron chi connectivity index (χ1n) is 2.90. The van der Waals surface area contributed by atoms with Crippen LogP contribution in [0, 0.1) is 0 Å². The van der Waals surface area contributed by atoms with Crippen molar-refractivity contribution in [3.63, 3.8) is 0 Å². The van der Waals surface area contributed by atoms with E-state index in [0.29, 0.717) is 0 Å². The molecule has 1 unspecified atom stereocenters. The average Bonchev–Trinajstić information content (AvgIpc) is 2.15. The summed E-state index contributed by atoms with van der Waals surface area (Å²) < 4.78 is 4.87. The first kappa shape index (κ1) is 6.76. The molecule has 3 heteroatoms. The lowest BCUT2D eigenvalue weighted by Crippen LogP contribution is -2.08. The maximum Gasteiger partial charge on any atom is 0.320 e. The second-order valence-electron chi connectivity index (χ2n) is 2.00. The molecule has 1 atom stereocenters. The maximum atomic E-state index is 10.3. The van der Waals surface area contributed by atoms with Crippen molar-refractivity contribution in [2.75, 3.05) is 0 Å². The third kappa shape index (κ3) is 2.15. The van der Waals surface area contributed by atoms with Crippen LogP contribution >= 0.6 is 9.24 Å². The largest absolute Gasteiger partial charge is 0.459 e. The summed E-state index contributed by atoms with van der Waals surface area (Å²) in [7, 11) is 2.00. The maximum absolute atomic E-state index is 10.3. The van der Waals surface area contributed by atoms with E-state index >= 15 is 0 Å². The first-order chi connectivity index (χ1) is 4.29. The molecule has 0 aromatic rings. The summed E-state index contributed by atoms with van der Waals surface area (Å²) in [5, 5.41) is 0. The van der Waals surface area contributed by atoms with Gasteiger partial charge in [-0.25, -0.2) is 4.79 Å². The van der Waals surface area contributed by atoms with Crippen LogP contribution in [0.1, 0.15) is 12.8 Å². The molecule has 0 heterocycles. The van der Waals surface area contributed by atoms with E-state index in [4.69, 9.17) is 4.74 Å². The Balaban J connectivity index is 2.22. The van der Waals surface area contributed by atoms with Crippen molar-refractivity contribution in [2.24, 2.45) is 0 Å². The first-order valence-corrected chi connectivity index (χ1v) is 3.48. The Morgan fingerprint density at radius 3 is 2.56 bits per heavy atom. The highest BCUT2D eigenvalue weighted by molar-refractivity contribution is 7.39. The standard InChI is InChI=1S/C6H9O2P/c7-6(9)8-5-3-1-2-4-5/h1-2,5H,3-4,9H2. The molecular weight excluding hydrogens is 135 g/mol. The van der Waals surface area contributed by atoms with Crippen LogP contribution in [0.4, 0.5) is 4.79 Å². The van der Waals surface area contributed by atoms with Gasteiger partial charge in [0.1, 0.15) is 6.10 Å². The molecule has 0 aliphatic heterocycles. The van der Waals surface area contributed by atoms with E-state index in [9.17, 15) is 4.79 Å². The Morgan fingerprint density at radius 1 is 1.56 bits per heavy atom. The van der Waals surface area contributed by atoms with Crippen molar-refractivity contribution >= 4 is 15.0 Å². The monoisotopic (exact) mass is 144 g/mol. The van der Waals surface area contributed by atoms with Gasteiger partial charge in [0.05, 0.1) is 0 Å². The highest BCUT2D eigenvalue weighted by Crippen LogP contribution is 2.14. The van der Waals surface area contributed by atoms with E-state index in [1.54, 1.807) is 0 Å². The van der Waals surface area contributed by atoms with Crippen LogP contribution in [0.15, 0.2) is 12.2 Å². The Morgan fingerprint density at radius 2 is 2.11 bits per heavy atom. The molecule has 0 amide bonds. The van der Waals surface area contributed by atoms with E-state index in [2.05, 4.69) is 0 Å². The predicted octanol–water partition coefficient (Wildman–Crippen LogP) is 1.72. The Kier molecular flexibility index (Phi) is 2.23. The third-order valence-electron chi connectivity index (χ3n) is 1.25. The summed E-state index contributed by atoms with van der Waals surface area (Å²) in [5.74, 6) is 0. The van der Waals surface area contributed by atoms with Crippen molar-refractivity contribution in [1.82, 2.24) is 0 Å². The van der Waals surface area contributed by atoms with Crippen molar-refractivity contribution in [1.29, 1.82) is 0 Å². The van der Waals surface area contributed by atoms with Gasteiger partial charge >= 0.3 is 5.71 Å². The molecule has 0 radical (unpaired) electrons. The molecule has 0 N–H and O–H groups in total. The molecule has 9 heavy (non-hydrogen) atoms. The lowest BCUT2D eigenvalue weighted by atomic mass is 10.3. The molecule has 50 valence electrons. The van der Waals surface area contributed by atoms with Crippen molar-refractivity contribution in [2.45, 2.75) is 18.9 Å². The fourth-order valence-corrected chi connectivity index (χ4v) is 1.05. The summed E-state index contributed by atoms with van der Waals surface area (Å²) in [5.41, 5.74) is -0.260. The highest BCUT2D eigenvalue weighted by Gasteiger charge is 2.11. The lowest BCUT2D eigenvalue weighted by Gasteiger charge is -2.07. The molecule has 1 rings (SSSR count). The van der Waals surface area contributed by atoms with Gasteiger partial charge in [0, 0.05) is 12.8 Å². The van der Waals surface area contributed by atoms with Gasteiger partial charge in [-0.2, -0.15) is 0 Å². The topological polar surface area (TPSA) is 26.3 Å². The fourth-order valence-electron chi connectivity index (χ4n) is 0.853. The van der Waals surface area contributed by atoms with Crippen LogP contribution in [0.2, 0.25) is 0 Å². The molecule has 0 fully saturated rings. The minimum atomic E-state index is -0.260. The van der Waals surface area contributed by atoms with Crippen LogP contribution in [0.5, 0.6) is 0 Å². The molecular formula is C6H9O2P. The van der Waals surface area contributed by atoms with Gasteiger partial charge in [-0.3, -0.25) is 0 Å². The molecule has 0 saturated carbocycles. The van der Waals surface area contributed by atoms with E-state index in [1.165, 1.54) is 0 Å². The Labute approximate surface area is 56.5 Å². The number of carbonyl (C=O) groups excluding carboxylic acids is 1. The second kappa shape index (κ2) is 2.98. The van der Waals surface area contributed by atoms with Crippen molar-refractivity contribution in [3.8, 4) is 0 Å². The van der Waals surface area contributed by atoms with E-state index < -0.39 is 0 Å². The second-order valence-corrected chi connectivity index (χ2v) is 2.47. The molecule has 0 aromatic carbocycles. The van der Waals surface area contributed by atoms with Crippen LogP contribution < -0.4 is 0 Å². The average molecular weight is 144 g/mol. The van der Waals surface area contributed by atoms with Gasteiger partial charge in [0.15, 0.2) is 0 Å². The number of hydrogen-bond donors (Lipinski definition) is 0. The minimum Gasteiger partial charge on any atom is -0.459 e. The molecule has 0 saturated heterocycles. The molecule has 2 nitrogen and oxygen atoms in total. The zero-order valence-corrected chi connectivity index (χ0v) is 6.19. The molecule has 1 aliphatic rings. The predicted molar refractivity (Wildman–Crippen MR) is 38.4 cm³/mol. The Hall–Kier alpha value is -0.360. The molecule has 0 aromatic heterocycles. The van der Waals surface area contributed by atoms with Gasteiger partial charge in [-0.1, -0.05) is 12.2 Å². The zero-order valence-electron chi connectivity index (χ0n) is 5.04. The summed E-state index contributed by atoms with van der Waals surface area (Å²) in [4.78, 5) is 10.3. The summed E-state index contributed by atoms with van der Waals surface area (Å²) >= 11 is 0. The molecule has 1 aliphatic carbocycles. The van der Waals surface area contributed by atoms with Gasteiger partial charge in [0.2, 0.25) is 0 Å². The third-order valence-corrected chi connectivity index (χ3v) is 1.38. The minimum absolute atomic E-state index is 0.106.